The van der Waals surface area contributed by atoms with E-state index in [1.165, 1.54) is 30.3 Å². The van der Waals surface area contributed by atoms with Gasteiger partial charge in [0.1, 0.15) is 24.7 Å². The number of hydrogen-bond donors (Lipinski definition) is 2. The fourth-order valence-corrected chi connectivity index (χ4v) is 2.70. The summed E-state index contributed by atoms with van der Waals surface area (Å²) < 4.78 is 18.3. The second kappa shape index (κ2) is 11.2. The number of esters is 1. The average molecular weight is 432 g/mol. The molecule has 6 nitrogen and oxygen atoms in total. The zero-order chi connectivity index (χ0) is 22.8. The third-order valence-electron chi connectivity index (χ3n) is 4.35. The van der Waals surface area contributed by atoms with Gasteiger partial charge in [-0.15, -0.1) is 0 Å². The lowest BCUT2D eigenvalue weighted by Gasteiger charge is -2.11. The number of halogens is 1. The van der Waals surface area contributed by atoms with Crippen molar-refractivity contribution in [2.75, 3.05) is 6.54 Å². The van der Waals surface area contributed by atoms with Crippen LogP contribution in [0, 0.1) is 5.82 Å². The Hall–Kier alpha value is -4.26. The number of rotatable bonds is 8. The third kappa shape index (κ3) is 6.91. The minimum Gasteiger partial charge on any atom is -0.460 e. The maximum absolute atomic E-state index is 13.2. The molecule has 0 aliphatic rings. The summed E-state index contributed by atoms with van der Waals surface area (Å²) in [5.74, 6) is -2.24. The van der Waals surface area contributed by atoms with Gasteiger partial charge in [-0.25, -0.2) is 4.39 Å². The topological polar surface area (TPSA) is 84.5 Å². The van der Waals surface area contributed by atoms with E-state index in [-0.39, 0.29) is 18.8 Å². The highest BCUT2D eigenvalue weighted by atomic mass is 19.1. The maximum atomic E-state index is 13.2. The van der Waals surface area contributed by atoms with Crippen LogP contribution in [0.1, 0.15) is 21.5 Å². The molecule has 0 bridgehead atoms. The minimum atomic E-state index is -0.685. The summed E-state index contributed by atoms with van der Waals surface area (Å²) >= 11 is 0. The van der Waals surface area contributed by atoms with Crippen LogP contribution >= 0.6 is 0 Å². The van der Waals surface area contributed by atoms with Crippen LogP contribution in [0.5, 0.6) is 0 Å². The van der Waals surface area contributed by atoms with Gasteiger partial charge < -0.3 is 15.4 Å². The Morgan fingerprint density at radius 3 is 2.12 bits per heavy atom. The Bertz CT molecular complexity index is 1100. The molecule has 0 aliphatic heterocycles. The van der Waals surface area contributed by atoms with Gasteiger partial charge in [-0.1, -0.05) is 60.7 Å². The number of amides is 2. The molecule has 0 atom stereocenters. The smallest absolute Gasteiger partial charge is 0.325 e. The van der Waals surface area contributed by atoms with Crippen LogP contribution in [0.15, 0.2) is 90.6 Å². The number of carbonyl (C=O) groups is 3. The molecule has 0 saturated heterocycles. The van der Waals surface area contributed by atoms with Gasteiger partial charge in [0.05, 0.1) is 0 Å². The van der Waals surface area contributed by atoms with Crippen molar-refractivity contribution >= 4 is 23.9 Å². The van der Waals surface area contributed by atoms with Crippen LogP contribution in [-0.2, 0) is 20.9 Å². The highest BCUT2D eigenvalue weighted by molar-refractivity contribution is 6.05. The second-order valence-corrected chi connectivity index (χ2v) is 6.76. The summed E-state index contributed by atoms with van der Waals surface area (Å²) in [6.07, 6.45) is 1.39. The summed E-state index contributed by atoms with van der Waals surface area (Å²) in [5.41, 5.74) is 1.57. The van der Waals surface area contributed by atoms with Gasteiger partial charge >= 0.3 is 5.97 Å². The lowest BCUT2D eigenvalue weighted by atomic mass is 10.1. The minimum absolute atomic E-state index is 0.0819. The van der Waals surface area contributed by atoms with E-state index in [0.29, 0.717) is 11.1 Å². The quantitative estimate of drug-likeness (QED) is 0.422. The predicted octanol–water partition coefficient (Wildman–Crippen LogP) is 3.46. The molecule has 0 aliphatic carbocycles. The summed E-state index contributed by atoms with van der Waals surface area (Å²) in [7, 11) is 0. The van der Waals surface area contributed by atoms with Crippen molar-refractivity contribution in [3.8, 4) is 0 Å². The number of ether oxygens (including phenoxy) is 1. The van der Waals surface area contributed by atoms with Crippen molar-refractivity contribution in [2.45, 2.75) is 6.61 Å². The Labute approximate surface area is 184 Å². The number of carbonyl (C=O) groups excluding carboxylic acids is 3. The van der Waals surface area contributed by atoms with Crippen molar-refractivity contribution in [2.24, 2.45) is 0 Å². The molecular formula is C25H21FN2O4. The van der Waals surface area contributed by atoms with E-state index in [4.69, 9.17) is 4.74 Å². The molecule has 0 spiro atoms. The predicted molar refractivity (Wildman–Crippen MR) is 118 cm³/mol. The third-order valence-corrected chi connectivity index (χ3v) is 4.35. The maximum Gasteiger partial charge on any atom is 0.325 e. The highest BCUT2D eigenvalue weighted by Gasteiger charge is 2.16. The average Bonchev–Trinajstić information content (AvgIpc) is 2.83. The molecule has 0 radical (unpaired) electrons. The molecule has 0 saturated carbocycles. The van der Waals surface area contributed by atoms with Crippen molar-refractivity contribution in [3.05, 3.63) is 113 Å². The highest BCUT2D eigenvalue weighted by Crippen LogP contribution is 2.09. The van der Waals surface area contributed by atoms with Crippen molar-refractivity contribution in [1.82, 2.24) is 10.6 Å². The summed E-state index contributed by atoms with van der Waals surface area (Å²) in [6.45, 7) is -0.299. The van der Waals surface area contributed by atoms with Gasteiger partial charge in [-0.2, -0.15) is 0 Å². The summed E-state index contributed by atoms with van der Waals surface area (Å²) in [4.78, 5) is 37.2. The molecule has 7 heteroatoms. The number of nitrogens with one attached hydrogen (secondary N) is 2. The number of hydrogen-bond acceptors (Lipinski definition) is 4. The lowest BCUT2D eigenvalue weighted by molar-refractivity contribution is -0.144. The fourth-order valence-electron chi connectivity index (χ4n) is 2.70. The SMILES string of the molecule is O=C(CNC(=O)C(=Cc1ccc(F)cc1)NC(=O)c1ccccc1)OCc1ccccc1. The largest absolute Gasteiger partial charge is 0.460 e. The summed E-state index contributed by atoms with van der Waals surface area (Å²) in [5, 5.41) is 4.98. The molecule has 3 aromatic rings. The molecular weight excluding hydrogens is 411 g/mol. The van der Waals surface area contributed by atoms with Crippen LogP contribution in [0.4, 0.5) is 4.39 Å². The first-order valence-electron chi connectivity index (χ1n) is 9.82. The molecule has 0 unspecified atom stereocenters. The molecule has 0 fully saturated rings. The Kier molecular flexibility index (Phi) is 7.86. The first-order valence-corrected chi connectivity index (χ1v) is 9.82. The van der Waals surface area contributed by atoms with Gasteiger partial charge in [0.2, 0.25) is 0 Å². The van der Waals surface area contributed by atoms with E-state index in [9.17, 15) is 18.8 Å². The van der Waals surface area contributed by atoms with Crippen LogP contribution in [0.2, 0.25) is 0 Å². The zero-order valence-electron chi connectivity index (χ0n) is 17.1. The fraction of sp³-hybridized carbons (Fsp3) is 0.0800. The van der Waals surface area contributed by atoms with Crippen molar-refractivity contribution in [3.63, 3.8) is 0 Å². The van der Waals surface area contributed by atoms with Gasteiger partial charge in [0.15, 0.2) is 0 Å². The Balaban J connectivity index is 1.66. The molecule has 0 heterocycles. The molecule has 2 amide bonds. The van der Waals surface area contributed by atoms with Gasteiger partial charge in [-0.3, -0.25) is 14.4 Å². The normalized spacial score (nSPS) is 10.8. The van der Waals surface area contributed by atoms with E-state index in [1.807, 2.05) is 30.3 Å². The van der Waals surface area contributed by atoms with Crippen molar-refractivity contribution < 1.29 is 23.5 Å². The van der Waals surface area contributed by atoms with E-state index >= 15 is 0 Å². The lowest BCUT2D eigenvalue weighted by Crippen LogP contribution is -2.37. The van der Waals surface area contributed by atoms with E-state index < -0.39 is 23.6 Å². The molecule has 0 aromatic heterocycles. The Morgan fingerprint density at radius 2 is 1.47 bits per heavy atom. The van der Waals surface area contributed by atoms with Crippen LogP contribution in [-0.4, -0.2) is 24.3 Å². The van der Waals surface area contributed by atoms with Gasteiger partial charge in [0.25, 0.3) is 11.8 Å². The molecule has 3 aromatic carbocycles. The monoisotopic (exact) mass is 432 g/mol. The zero-order valence-corrected chi connectivity index (χ0v) is 17.1. The van der Waals surface area contributed by atoms with E-state index in [2.05, 4.69) is 10.6 Å². The van der Waals surface area contributed by atoms with Crippen molar-refractivity contribution in [1.29, 1.82) is 0 Å². The molecule has 32 heavy (non-hydrogen) atoms. The molecule has 3 rings (SSSR count). The molecule has 162 valence electrons. The second-order valence-electron chi connectivity index (χ2n) is 6.76. The van der Waals surface area contributed by atoms with Gasteiger partial charge in [0, 0.05) is 5.56 Å². The van der Waals surface area contributed by atoms with Crippen LogP contribution in [0.25, 0.3) is 6.08 Å². The standard InChI is InChI=1S/C25H21FN2O4/c26-21-13-11-18(12-14-21)15-22(28-24(30)20-9-5-2-6-10-20)25(31)27-16-23(29)32-17-19-7-3-1-4-8-19/h1-15H,16-17H2,(H,27,31)(H,28,30). The van der Waals surface area contributed by atoms with Gasteiger partial charge in [-0.05, 0) is 41.5 Å². The Morgan fingerprint density at radius 1 is 0.844 bits per heavy atom. The molecule has 2 N–H and O–H groups in total. The van der Waals surface area contributed by atoms with E-state index in [0.717, 1.165) is 5.56 Å². The first kappa shape index (κ1) is 22.4. The van der Waals surface area contributed by atoms with Crippen LogP contribution < -0.4 is 10.6 Å². The summed E-state index contributed by atoms with van der Waals surface area (Å²) in [6, 6.07) is 22.9. The first-order chi connectivity index (χ1) is 15.5. The van der Waals surface area contributed by atoms with E-state index in [1.54, 1.807) is 30.3 Å². The number of benzene rings is 3. The van der Waals surface area contributed by atoms with Crippen LogP contribution in [0.3, 0.4) is 0 Å².